The average molecular weight is 358 g/mol. The first kappa shape index (κ1) is 18.2. The highest BCUT2D eigenvalue weighted by molar-refractivity contribution is 6.36. The van der Waals surface area contributed by atoms with Crippen molar-refractivity contribution in [2.45, 2.75) is 26.1 Å². The number of benzene rings is 1. The summed E-state index contributed by atoms with van der Waals surface area (Å²) in [7, 11) is 0. The SMILES string of the molecule is CC(C)C(O)(/C(N)=C/N)c1ccc2c(Cl)c(OC(F)F)ccc2n1. The van der Waals surface area contributed by atoms with Crippen LogP contribution in [0, 0.1) is 5.92 Å². The summed E-state index contributed by atoms with van der Waals surface area (Å²) in [5, 5.41) is 11.4. The van der Waals surface area contributed by atoms with Crippen molar-refractivity contribution in [1.82, 2.24) is 4.98 Å². The Morgan fingerprint density at radius 3 is 2.54 bits per heavy atom. The largest absolute Gasteiger partial charge is 0.433 e. The van der Waals surface area contributed by atoms with Gasteiger partial charge in [0.1, 0.15) is 11.4 Å². The van der Waals surface area contributed by atoms with E-state index >= 15 is 0 Å². The molecule has 0 amide bonds. The van der Waals surface area contributed by atoms with Crippen LogP contribution >= 0.6 is 11.6 Å². The van der Waals surface area contributed by atoms with Crippen LogP contribution < -0.4 is 16.2 Å². The maximum absolute atomic E-state index is 12.4. The third-order valence-corrected chi connectivity index (χ3v) is 4.22. The zero-order valence-electron chi connectivity index (χ0n) is 13.1. The number of alkyl halides is 2. The van der Waals surface area contributed by atoms with Crippen LogP contribution in [-0.2, 0) is 5.60 Å². The molecule has 2 aromatic rings. The normalized spacial score (nSPS) is 15.1. The molecule has 0 bridgehead atoms. The molecule has 0 aliphatic heterocycles. The zero-order chi connectivity index (χ0) is 18.1. The molecule has 24 heavy (non-hydrogen) atoms. The van der Waals surface area contributed by atoms with Crippen molar-refractivity contribution in [3.8, 4) is 5.75 Å². The molecule has 0 saturated carbocycles. The first-order valence-corrected chi connectivity index (χ1v) is 7.54. The van der Waals surface area contributed by atoms with E-state index in [1.54, 1.807) is 19.9 Å². The van der Waals surface area contributed by atoms with Gasteiger partial charge in [-0.25, -0.2) is 4.98 Å². The van der Waals surface area contributed by atoms with Crippen LogP contribution in [0.5, 0.6) is 5.75 Å². The van der Waals surface area contributed by atoms with Crippen LogP contribution in [0.2, 0.25) is 5.02 Å². The Hall–Kier alpha value is -2.12. The van der Waals surface area contributed by atoms with E-state index in [1.165, 1.54) is 18.2 Å². The molecule has 0 spiro atoms. The summed E-state index contributed by atoms with van der Waals surface area (Å²) < 4.78 is 29.1. The first-order chi connectivity index (χ1) is 11.2. The highest BCUT2D eigenvalue weighted by Crippen LogP contribution is 2.37. The molecule has 8 heteroatoms. The molecular formula is C16H18ClF2N3O2. The molecule has 1 aromatic heterocycles. The minimum Gasteiger partial charge on any atom is -0.433 e. The molecule has 0 aliphatic rings. The maximum atomic E-state index is 12.4. The van der Waals surface area contributed by atoms with Gasteiger partial charge in [0.15, 0.2) is 0 Å². The number of fused-ring (bicyclic) bond motifs is 1. The third-order valence-electron chi connectivity index (χ3n) is 3.83. The summed E-state index contributed by atoms with van der Waals surface area (Å²) in [6.07, 6.45) is 1.12. The molecule has 0 fully saturated rings. The number of aliphatic hydroxyl groups is 1. The second-order valence-electron chi connectivity index (χ2n) is 5.56. The number of nitrogens with zero attached hydrogens (tertiary/aromatic N) is 1. The zero-order valence-corrected chi connectivity index (χ0v) is 13.9. The fourth-order valence-electron chi connectivity index (χ4n) is 2.45. The summed E-state index contributed by atoms with van der Waals surface area (Å²) in [6, 6.07) is 5.86. The smallest absolute Gasteiger partial charge is 0.387 e. The van der Waals surface area contributed by atoms with Crippen LogP contribution in [0.15, 0.2) is 36.2 Å². The van der Waals surface area contributed by atoms with Crippen LogP contribution in [0.1, 0.15) is 19.5 Å². The molecule has 130 valence electrons. The van der Waals surface area contributed by atoms with Crippen LogP contribution in [0.4, 0.5) is 8.78 Å². The quantitative estimate of drug-likeness (QED) is 0.764. The van der Waals surface area contributed by atoms with Crippen LogP contribution in [0.25, 0.3) is 10.9 Å². The minimum atomic E-state index is -2.98. The van der Waals surface area contributed by atoms with E-state index in [2.05, 4.69) is 9.72 Å². The van der Waals surface area contributed by atoms with Gasteiger partial charge in [0.05, 0.1) is 21.9 Å². The van der Waals surface area contributed by atoms with Crippen molar-refractivity contribution < 1.29 is 18.6 Å². The average Bonchev–Trinajstić information content (AvgIpc) is 2.55. The summed E-state index contributed by atoms with van der Waals surface area (Å²) in [4.78, 5) is 4.36. The number of ether oxygens (including phenoxy) is 1. The lowest BCUT2D eigenvalue weighted by atomic mass is 9.84. The Morgan fingerprint density at radius 2 is 2.00 bits per heavy atom. The molecule has 0 saturated heterocycles. The molecular weight excluding hydrogens is 340 g/mol. The Balaban J connectivity index is 2.60. The van der Waals surface area contributed by atoms with Gasteiger partial charge in [-0.05, 0) is 30.2 Å². The van der Waals surface area contributed by atoms with Gasteiger partial charge in [-0.2, -0.15) is 8.78 Å². The first-order valence-electron chi connectivity index (χ1n) is 7.16. The Labute approximate surface area is 142 Å². The maximum Gasteiger partial charge on any atom is 0.387 e. The fourth-order valence-corrected chi connectivity index (χ4v) is 2.72. The number of hydrogen-bond donors (Lipinski definition) is 3. The molecule has 5 nitrogen and oxygen atoms in total. The van der Waals surface area contributed by atoms with Gasteiger partial charge in [0.2, 0.25) is 0 Å². The highest BCUT2D eigenvalue weighted by Gasteiger charge is 2.37. The van der Waals surface area contributed by atoms with E-state index < -0.39 is 12.2 Å². The standard InChI is InChI=1S/C16H18ClF2N3O2/c1-8(2)16(23,12(21)7-20)13-6-3-9-10(22-13)4-5-11(14(9)17)24-15(18)19/h3-8,15,23H,20-21H2,1-2H3/b12-7-. The van der Waals surface area contributed by atoms with Gasteiger partial charge in [0, 0.05) is 11.6 Å². The Bertz CT molecular complexity index is 783. The molecule has 2 rings (SSSR count). The monoisotopic (exact) mass is 357 g/mol. The molecule has 1 aromatic carbocycles. The van der Waals surface area contributed by atoms with E-state index in [0.29, 0.717) is 10.9 Å². The second-order valence-corrected chi connectivity index (χ2v) is 5.94. The Morgan fingerprint density at radius 1 is 1.33 bits per heavy atom. The number of hydrogen-bond acceptors (Lipinski definition) is 5. The number of pyridine rings is 1. The third kappa shape index (κ3) is 3.09. The number of aromatic nitrogens is 1. The van der Waals surface area contributed by atoms with E-state index in [9.17, 15) is 13.9 Å². The van der Waals surface area contributed by atoms with Crippen molar-refractivity contribution in [3.63, 3.8) is 0 Å². The molecule has 1 unspecified atom stereocenters. The van der Waals surface area contributed by atoms with Crippen molar-refractivity contribution in [2.75, 3.05) is 0 Å². The van der Waals surface area contributed by atoms with E-state index in [1.807, 2.05) is 0 Å². The number of nitrogens with two attached hydrogens (primary N) is 2. The molecule has 0 radical (unpaired) electrons. The summed E-state index contributed by atoms with van der Waals surface area (Å²) in [5.41, 5.74) is 10.5. The Kier molecular flexibility index (Phi) is 5.15. The summed E-state index contributed by atoms with van der Waals surface area (Å²) in [5.74, 6) is -0.451. The lowest BCUT2D eigenvalue weighted by molar-refractivity contribution is -0.0496. The lowest BCUT2D eigenvalue weighted by Crippen LogP contribution is -2.39. The van der Waals surface area contributed by atoms with Crippen molar-refractivity contribution in [2.24, 2.45) is 17.4 Å². The predicted molar refractivity (Wildman–Crippen MR) is 88.6 cm³/mol. The second kappa shape index (κ2) is 6.78. The van der Waals surface area contributed by atoms with Gasteiger partial charge in [0.25, 0.3) is 0 Å². The molecule has 1 heterocycles. The molecule has 5 N–H and O–H groups in total. The van der Waals surface area contributed by atoms with Gasteiger partial charge in [-0.15, -0.1) is 0 Å². The van der Waals surface area contributed by atoms with Crippen LogP contribution in [0.3, 0.4) is 0 Å². The lowest BCUT2D eigenvalue weighted by Gasteiger charge is -2.32. The van der Waals surface area contributed by atoms with E-state index in [-0.39, 0.29) is 28.1 Å². The van der Waals surface area contributed by atoms with Gasteiger partial charge >= 0.3 is 6.61 Å². The van der Waals surface area contributed by atoms with E-state index in [4.69, 9.17) is 23.1 Å². The van der Waals surface area contributed by atoms with E-state index in [0.717, 1.165) is 6.20 Å². The van der Waals surface area contributed by atoms with Gasteiger partial charge < -0.3 is 21.3 Å². The van der Waals surface area contributed by atoms with Crippen LogP contribution in [-0.4, -0.2) is 16.7 Å². The highest BCUT2D eigenvalue weighted by atomic mass is 35.5. The van der Waals surface area contributed by atoms with Crippen molar-refractivity contribution in [3.05, 3.63) is 46.9 Å². The predicted octanol–water partition coefficient (Wildman–Crippen LogP) is 3.09. The van der Waals surface area contributed by atoms with Crippen molar-refractivity contribution >= 4 is 22.5 Å². The number of halogens is 3. The van der Waals surface area contributed by atoms with Crippen molar-refractivity contribution in [1.29, 1.82) is 0 Å². The topological polar surface area (TPSA) is 94.4 Å². The molecule has 0 aliphatic carbocycles. The number of rotatable bonds is 5. The van der Waals surface area contributed by atoms with Gasteiger partial charge in [-0.1, -0.05) is 25.4 Å². The fraction of sp³-hybridized carbons (Fsp3) is 0.312. The summed E-state index contributed by atoms with van der Waals surface area (Å²) in [6.45, 7) is 0.566. The minimum absolute atomic E-state index is 0.0160. The molecule has 1 atom stereocenters. The van der Waals surface area contributed by atoms with Gasteiger partial charge in [-0.3, -0.25) is 0 Å². The summed E-state index contributed by atoms with van der Waals surface area (Å²) >= 11 is 6.09.